The number of thiophene rings is 1. The van der Waals surface area contributed by atoms with Crippen molar-refractivity contribution in [1.29, 1.82) is 0 Å². The van der Waals surface area contributed by atoms with Gasteiger partial charge in [-0.25, -0.2) is 9.97 Å². The van der Waals surface area contributed by atoms with Gasteiger partial charge in [0.1, 0.15) is 16.2 Å². The van der Waals surface area contributed by atoms with E-state index >= 15 is 0 Å². The number of thioether (sulfide) groups is 1. The van der Waals surface area contributed by atoms with Crippen LogP contribution < -0.4 is 0 Å². The van der Waals surface area contributed by atoms with Gasteiger partial charge in [-0.15, -0.1) is 23.1 Å². The van der Waals surface area contributed by atoms with Crippen LogP contribution in [0.5, 0.6) is 0 Å². The molecule has 0 aliphatic carbocycles. The van der Waals surface area contributed by atoms with E-state index in [2.05, 4.69) is 58.5 Å². The summed E-state index contributed by atoms with van der Waals surface area (Å²) in [7, 11) is 2.10. The highest BCUT2D eigenvalue weighted by molar-refractivity contribution is 7.99. The molecule has 0 bridgehead atoms. The summed E-state index contributed by atoms with van der Waals surface area (Å²) in [5.74, 6) is 0.982. The summed E-state index contributed by atoms with van der Waals surface area (Å²) in [4.78, 5) is 26.7. The maximum absolute atomic E-state index is 12.5. The second-order valence-electron chi connectivity index (χ2n) is 7.16. The lowest BCUT2D eigenvalue weighted by molar-refractivity contribution is -0.132. The van der Waals surface area contributed by atoms with Gasteiger partial charge in [0.05, 0.1) is 5.39 Å². The molecular formula is C21H24N4OS2. The Morgan fingerprint density at radius 2 is 1.89 bits per heavy atom. The van der Waals surface area contributed by atoms with Crippen LogP contribution in [-0.2, 0) is 4.79 Å². The Balaban J connectivity index is 1.47. The van der Waals surface area contributed by atoms with Crippen LogP contribution in [0, 0.1) is 6.92 Å². The monoisotopic (exact) mass is 412 g/mol. The molecule has 1 aliphatic rings. The van der Waals surface area contributed by atoms with E-state index in [1.54, 1.807) is 29.4 Å². The number of piperazine rings is 1. The molecule has 28 heavy (non-hydrogen) atoms. The van der Waals surface area contributed by atoms with Crippen molar-refractivity contribution in [3.63, 3.8) is 0 Å². The van der Waals surface area contributed by atoms with Crippen LogP contribution >= 0.6 is 23.1 Å². The Bertz CT molecular complexity index is 962. The van der Waals surface area contributed by atoms with Gasteiger partial charge in [-0.2, -0.15) is 0 Å². The maximum Gasteiger partial charge on any atom is 0.223 e. The Hall–Kier alpha value is -1.96. The summed E-state index contributed by atoms with van der Waals surface area (Å²) >= 11 is 3.30. The molecule has 2 aromatic heterocycles. The van der Waals surface area contributed by atoms with Crippen molar-refractivity contribution < 1.29 is 4.79 Å². The van der Waals surface area contributed by atoms with E-state index < -0.39 is 0 Å². The first-order valence-electron chi connectivity index (χ1n) is 9.50. The summed E-state index contributed by atoms with van der Waals surface area (Å²) < 4.78 is 0. The predicted molar refractivity (Wildman–Crippen MR) is 117 cm³/mol. The van der Waals surface area contributed by atoms with Gasteiger partial charge in [-0.05, 0) is 19.5 Å². The lowest BCUT2D eigenvalue weighted by Crippen LogP contribution is -2.47. The van der Waals surface area contributed by atoms with E-state index in [-0.39, 0.29) is 5.91 Å². The van der Waals surface area contributed by atoms with Crippen LogP contribution in [0.2, 0.25) is 0 Å². The lowest BCUT2D eigenvalue weighted by Gasteiger charge is -2.32. The van der Waals surface area contributed by atoms with Gasteiger partial charge >= 0.3 is 0 Å². The number of aryl methyl sites for hydroxylation is 1. The van der Waals surface area contributed by atoms with Crippen molar-refractivity contribution >= 4 is 39.2 Å². The Labute approximate surface area is 173 Å². The number of hydrogen-bond acceptors (Lipinski definition) is 6. The van der Waals surface area contributed by atoms with Crippen molar-refractivity contribution in [2.24, 2.45) is 0 Å². The molecule has 3 aromatic rings. The van der Waals surface area contributed by atoms with Crippen molar-refractivity contribution in [3.8, 4) is 11.1 Å². The predicted octanol–water partition coefficient (Wildman–Crippen LogP) is 3.92. The van der Waals surface area contributed by atoms with Gasteiger partial charge in [0.25, 0.3) is 0 Å². The standard InChI is InChI=1S/C21H24N4OS2/c1-15-3-5-16(6-4-15)17-13-28-21-19(17)20(22-14-23-21)27-12-7-18(26)25-10-8-24(2)9-11-25/h3-6,13-14H,7-12H2,1-2H3. The zero-order chi connectivity index (χ0) is 19.5. The molecule has 1 amide bonds. The summed E-state index contributed by atoms with van der Waals surface area (Å²) in [6.45, 7) is 5.68. The molecule has 146 valence electrons. The molecule has 0 N–H and O–H groups in total. The summed E-state index contributed by atoms with van der Waals surface area (Å²) in [6, 6.07) is 8.55. The normalized spacial score (nSPS) is 15.3. The fourth-order valence-corrected chi connectivity index (χ4v) is 5.27. The number of likely N-dealkylation sites (N-methyl/N-ethyl adjacent to an activating group) is 1. The van der Waals surface area contributed by atoms with Gasteiger partial charge < -0.3 is 9.80 Å². The number of carbonyl (C=O) groups excluding carboxylic acids is 1. The van der Waals surface area contributed by atoms with E-state index in [1.165, 1.54) is 16.7 Å². The van der Waals surface area contributed by atoms with Crippen LogP contribution in [0.1, 0.15) is 12.0 Å². The summed E-state index contributed by atoms with van der Waals surface area (Å²) in [6.07, 6.45) is 2.17. The largest absolute Gasteiger partial charge is 0.340 e. The number of hydrogen-bond donors (Lipinski definition) is 0. The highest BCUT2D eigenvalue weighted by Gasteiger charge is 2.19. The second kappa shape index (κ2) is 8.59. The molecule has 0 saturated carbocycles. The molecule has 4 rings (SSSR count). The Kier molecular flexibility index (Phi) is 5.94. The molecule has 0 unspecified atom stereocenters. The molecule has 3 heterocycles. The second-order valence-corrected chi connectivity index (χ2v) is 9.10. The molecule has 0 atom stereocenters. The van der Waals surface area contributed by atoms with Crippen molar-refractivity contribution in [3.05, 3.63) is 41.5 Å². The van der Waals surface area contributed by atoms with Crippen LogP contribution in [-0.4, -0.2) is 64.7 Å². The number of benzene rings is 1. The first kappa shape index (κ1) is 19.4. The SMILES string of the molecule is Cc1ccc(-c2csc3ncnc(SCCC(=O)N4CCN(C)CC4)c23)cc1. The van der Waals surface area contributed by atoms with E-state index in [0.717, 1.165) is 47.2 Å². The van der Waals surface area contributed by atoms with E-state index in [1.807, 2.05) is 4.90 Å². The van der Waals surface area contributed by atoms with Crippen molar-refractivity contribution in [1.82, 2.24) is 19.8 Å². The number of aromatic nitrogens is 2. The molecule has 1 saturated heterocycles. The quantitative estimate of drug-likeness (QED) is 0.470. The van der Waals surface area contributed by atoms with E-state index in [4.69, 9.17) is 0 Å². The topological polar surface area (TPSA) is 49.3 Å². The average Bonchev–Trinajstić information content (AvgIpc) is 3.14. The van der Waals surface area contributed by atoms with Crippen molar-refractivity contribution in [2.45, 2.75) is 18.4 Å². The third-order valence-electron chi connectivity index (χ3n) is 5.11. The zero-order valence-electron chi connectivity index (χ0n) is 16.2. The van der Waals surface area contributed by atoms with E-state index in [9.17, 15) is 4.79 Å². The van der Waals surface area contributed by atoms with Gasteiger partial charge in [0.15, 0.2) is 0 Å². The number of nitrogens with zero attached hydrogens (tertiary/aromatic N) is 4. The van der Waals surface area contributed by atoms with Gasteiger partial charge in [0, 0.05) is 49.3 Å². The molecule has 7 heteroatoms. The van der Waals surface area contributed by atoms with Crippen LogP contribution in [0.25, 0.3) is 21.3 Å². The third-order valence-corrected chi connectivity index (χ3v) is 6.99. The molecule has 1 aliphatic heterocycles. The number of amides is 1. The van der Waals surface area contributed by atoms with E-state index in [0.29, 0.717) is 6.42 Å². The summed E-state index contributed by atoms with van der Waals surface area (Å²) in [5, 5.41) is 4.23. The Morgan fingerprint density at radius 3 is 2.64 bits per heavy atom. The molecule has 1 fully saturated rings. The van der Waals surface area contributed by atoms with Gasteiger partial charge in [-0.1, -0.05) is 29.8 Å². The molecular weight excluding hydrogens is 388 g/mol. The third kappa shape index (κ3) is 4.21. The number of carbonyl (C=O) groups is 1. The molecule has 1 aromatic carbocycles. The number of rotatable bonds is 5. The van der Waals surface area contributed by atoms with Crippen molar-refractivity contribution in [2.75, 3.05) is 39.0 Å². The Morgan fingerprint density at radius 1 is 1.14 bits per heavy atom. The fraction of sp³-hybridized carbons (Fsp3) is 0.381. The minimum atomic E-state index is 0.245. The minimum absolute atomic E-state index is 0.245. The zero-order valence-corrected chi connectivity index (χ0v) is 17.9. The number of fused-ring (bicyclic) bond motifs is 1. The highest BCUT2D eigenvalue weighted by Crippen LogP contribution is 2.38. The molecule has 0 radical (unpaired) electrons. The maximum atomic E-state index is 12.5. The molecule has 5 nitrogen and oxygen atoms in total. The highest BCUT2D eigenvalue weighted by atomic mass is 32.2. The fourth-order valence-electron chi connectivity index (χ4n) is 3.35. The lowest BCUT2D eigenvalue weighted by atomic mass is 10.1. The first-order valence-corrected chi connectivity index (χ1v) is 11.4. The van der Waals surface area contributed by atoms with Crippen LogP contribution in [0.3, 0.4) is 0 Å². The first-order chi connectivity index (χ1) is 13.6. The van der Waals surface area contributed by atoms with Crippen LogP contribution in [0.4, 0.5) is 0 Å². The van der Waals surface area contributed by atoms with Gasteiger partial charge in [0.2, 0.25) is 5.91 Å². The smallest absolute Gasteiger partial charge is 0.223 e. The minimum Gasteiger partial charge on any atom is -0.340 e. The average molecular weight is 413 g/mol. The molecule has 0 spiro atoms. The summed E-state index contributed by atoms with van der Waals surface area (Å²) in [5.41, 5.74) is 3.60. The van der Waals surface area contributed by atoms with Gasteiger partial charge in [-0.3, -0.25) is 4.79 Å². The van der Waals surface area contributed by atoms with Crippen LogP contribution in [0.15, 0.2) is 41.0 Å².